The maximum atomic E-state index is 12.2. The molecule has 0 N–H and O–H groups in total. The highest BCUT2D eigenvalue weighted by Gasteiger charge is 2.32. The van der Waals surface area contributed by atoms with Gasteiger partial charge in [-0.3, -0.25) is 9.69 Å². The third-order valence-electron chi connectivity index (χ3n) is 3.51. The van der Waals surface area contributed by atoms with E-state index in [1.807, 2.05) is 37.1 Å². The maximum Gasteiger partial charge on any atom is 0.266 e. The van der Waals surface area contributed by atoms with Gasteiger partial charge in [0.15, 0.2) is 4.67 Å². The molecular weight excluding hydrogens is 460 g/mol. The summed E-state index contributed by atoms with van der Waals surface area (Å²) in [4.78, 5) is 27.3. The number of halogens is 1. The van der Waals surface area contributed by atoms with Crippen molar-refractivity contribution in [3.63, 3.8) is 0 Å². The Hall–Kier alpha value is -1.49. The molecule has 1 fully saturated rings. The summed E-state index contributed by atoms with van der Waals surface area (Å²) < 4.78 is 6.49. The number of amides is 1. The molecule has 0 unspecified atom stereocenters. The van der Waals surface area contributed by atoms with E-state index in [-0.39, 0.29) is 4.32 Å². The summed E-state index contributed by atoms with van der Waals surface area (Å²) >= 11 is 11.0. The number of nitrogens with zero attached hydrogens (tertiary/aromatic N) is 2. The monoisotopic (exact) mass is 471 g/mol. The highest BCUT2D eigenvalue weighted by Crippen LogP contribution is 2.47. The van der Waals surface area contributed by atoms with Gasteiger partial charge in [0.05, 0.1) is 27.3 Å². The van der Waals surface area contributed by atoms with Crippen molar-refractivity contribution in [2.45, 2.75) is 11.8 Å². The number of aliphatic carboxylic acids is 1. The topological polar surface area (TPSA) is 76.8 Å². The molecular formula is C16H12BrN2O4S3-. The summed E-state index contributed by atoms with van der Waals surface area (Å²) in [6.45, 7) is 1.33. The molecule has 0 aliphatic carbocycles. The fourth-order valence-corrected chi connectivity index (χ4v) is 5.15. The van der Waals surface area contributed by atoms with Crippen LogP contribution in [0.25, 0.3) is 0 Å². The van der Waals surface area contributed by atoms with Gasteiger partial charge in [0.2, 0.25) is 5.88 Å². The maximum absolute atomic E-state index is 12.2. The average Bonchev–Trinajstić information content (AvgIpc) is 3.14. The molecule has 0 atom stereocenters. The molecule has 1 aromatic heterocycles. The number of rotatable bonds is 4. The molecule has 1 amide bonds. The lowest BCUT2D eigenvalue weighted by Crippen LogP contribution is -2.40. The second kappa shape index (κ2) is 7.63. The van der Waals surface area contributed by atoms with Crippen molar-refractivity contribution < 1.29 is 19.1 Å². The lowest BCUT2D eigenvalue weighted by molar-refractivity contribution is -0.305. The van der Waals surface area contributed by atoms with E-state index >= 15 is 0 Å². The van der Waals surface area contributed by atoms with Gasteiger partial charge in [-0.15, -0.1) is 0 Å². The van der Waals surface area contributed by atoms with E-state index in [0.29, 0.717) is 9.57 Å². The molecule has 26 heavy (non-hydrogen) atoms. The fourth-order valence-electron chi connectivity index (χ4n) is 2.29. The zero-order valence-corrected chi connectivity index (χ0v) is 17.7. The number of hydrogen-bond donors (Lipinski definition) is 0. The minimum absolute atomic E-state index is 0.220. The first kappa shape index (κ1) is 19.3. The van der Waals surface area contributed by atoms with E-state index in [9.17, 15) is 14.7 Å². The zero-order chi connectivity index (χ0) is 19.0. The predicted molar refractivity (Wildman–Crippen MR) is 108 cm³/mol. The van der Waals surface area contributed by atoms with Gasteiger partial charge < -0.3 is 19.2 Å². The second-order valence-electron chi connectivity index (χ2n) is 5.44. The standard InChI is InChI=1S/C16H13BrN2O4S3/c1-8(5-9-14(22)19(7-13(20)21)16(24)26-9)3-4-12-18(2)15-10(25-12)6-11(17)23-15/h3-6H,7H2,1-2H3,(H,20,21)/p-1. The molecule has 3 rings (SSSR count). The highest BCUT2D eigenvalue weighted by molar-refractivity contribution is 9.10. The van der Waals surface area contributed by atoms with Gasteiger partial charge in [-0.1, -0.05) is 41.8 Å². The van der Waals surface area contributed by atoms with Crippen molar-refractivity contribution in [3.8, 4) is 0 Å². The molecule has 3 heterocycles. The zero-order valence-electron chi connectivity index (χ0n) is 13.6. The van der Waals surface area contributed by atoms with Gasteiger partial charge in [0, 0.05) is 13.1 Å². The summed E-state index contributed by atoms with van der Waals surface area (Å²) in [5, 5.41) is 11.7. The summed E-state index contributed by atoms with van der Waals surface area (Å²) in [5.41, 5.74) is 0.838. The lowest BCUT2D eigenvalue weighted by atomic mass is 10.2. The van der Waals surface area contributed by atoms with E-state index in [2.05, 4.69) is 15.9 Å². The molecule has 2 aliphatic rings. The third kappa shape index (κ3) is 3.93. The Bertz CT molecular complexity index is 903. The van der Waals surface area contributed by atoms with Crippen LogP contribution >= 0.6 is 51.7 Å². The first-order valence-corrected chi connectivity index (χ1v) is 10.1. The normalized spacial score (nSPS) is 20.7. The van der Waals surface area contributed by atoms with E-state index < -0.39 is 18.4 Å². The van der Waals surface area contributed by atoms with Gasteiger partial charge in [0.1, 0.15) is 4.32 Å². The Morgan fingerprint density at radius 3 is 2.85 bits per heavy atom. The van der Waals surface area contributed by atoms with Crippen LogP contribution in [0.1, 0.15) is 6.92 Å². The largest absolute Gasteiger partial charge is 0.548 e. The van der Waals surface area contributed by atoms with Crippen LogP contribution in [0.5, 0.6) is 0 Å². The Balaban J connectivity index is 1.74. The van der Waals surface area contributed by atoms with Crippen molar-refractivity contribution in [2.24, 2.45) is 0 Å². The van der Waals surface area contributed by atoms with Crippen molar-refractivity contribution >= 4 is 73.8 Å². The summed E-state index contributed by atoms with van der Waals surface area (Å²) in [6, 6.07) is 1.91. The number of allylic oxidation sites excluding steroid dienone is 4. The van der Waals surface area contributed by atoms with Crippen LogP contribution in [0, 0.1) is 0 Å². The number of carbonyl (C=O) groups is 2. The molecule has 6 nitrogen and oxygen atoms in total. The van der Waals surface area contributed by atoms with Crippen molar-refractivity contribution in [1.29, 1.82) is 0 Å². The number of thioether (sulfide) groups is 2. The van der Waals surface area contributed by atoms with Gasteiger partial charge in [-0.05, 0) is 40.6 Å². The van der Waals surface area contributed by atoms with E-state index in [1.165, 1.54) is 0 Å². The number of carboxylic acids is 1. The Morgan fingerprint density at radius 2 is 2.19 bits per heavy atom. The van der Waals surface area contributed by atoms with Crippen molar-refractivity contribution in [2.75, 3.05) is 18.5 Å². The molecule has 1 aromatic rings. The van der Waals surface area contributed by atoms with Crippen LogP contribution in [0.3, 0.4) is 0 Å². The predicted octanol–water partition coefficient (Wildman–Crippen LogP) is 2.87. The SMILES string of the molecule is CC(=CC=C1Sc2cc(Br)oc2N1C)C=C1SC(=S)N(CC(=O)[O-])C1=O. The van der Waals surface area contributed by atoms with Crippen LogP contribution < -0.4 is 10.0 Å². The lowest BCUT2D eigenvalue weighted by Gasteiger charge is -2.14. The molecule has 0 bridgehead atoms. The number of fused-ring (bicyclic) bond motifs is 1. The quantitative estimate of drug-likeness (QED) is 0.489. The van der Waals surface area contributed by atoms with Gasteiger partial charge in [-0.2, -0.15) is 0 Å². The van der Waals surface area contributed by atoms with Gasteiger partial charge >= 0.3 is 0 Å². The number of carboxylic acid groups (broad SMARTS) is 1. The summed E-state index contributed by atoms with van der Waals surface area (Å²) in [6.07, 6.45) is 5.51. The first-order chi connectivity index (χ1) is 12.3. The second-order valence-corrected chi connectivity index (χ2v) is 8.96. The summed E-state index contributed by atoms with van der Waals surface area (Å²) in [5.74, 6) is -0.979. The third-order valence-corrected chi connectivity index (χ3v) is 6.41. The van der Waals surface area contributed by atoms with Crippen LogP contribution in [-0.4, -0.2) is 34.7 Å². The van der Waals surface area contributed by atoms with E-state index in [4.69, 9.17) is 16.6 Å². The Labute approximate surface area is 172 Å². The van der Waals surface area contributed by atoms with Crippen molar-refractivity contribution in [1.82, 2.24) is 4.90 Å². The molecule has 0 radical (unpaired) electrons. The highest BCUT2D eigenvalue weighted by atomic mass is 79.9. The smallest absolute Gasteiger partial charge is 0.266 e. The Kier molecular flexibility index (Phi) is 5.66. The minimum Gasteiger partial charge on any atom is -0.548 e. The molecule has 1 saturated heterocycles. The summed E-state index contributed by atoms with van der Waals surface area (Å²) in [7, 11) is 1.91. The number of carbonyl (C=O) groups excluding carboxylic acids is 2. The van der Waals surface area contributed by atoms with E-state index in [0.717, 1.165) is 38.0 Å². The number of furan rings is 1. The van der Waals surface area contributed by atoms with E-state index in [1.54, 1.807) is 17.8 Å². The molecule has 0 saturated carbocycles. The van der Waals surface area contributed by atoms with Crippen LogP contribution in [0.4, 0.5) is 5.88 Å². The van der Waals surface area contributed by atoms with Crippen molar-refractivity contribution in [3.05, 3.63) is 44.5 Å². The first-order valence-electron chi connectivity index (χ1n) is 7.31. The minimum atomic E-state index is -1.34. The number of hydrogen-bond acceptors (Lipinski definition) is 8. The molecule has 2 aliphatic heterocycles. The molecule has 0 aromatic carbocycles. The molecule has 10 heteroatoms. The van der Waals surface area contributed by atoms with Crippen LogP contribution in [-0.2, 0) is 9.59 Å². The van der Waals surface area contributed by atoms with Crippen LogP contribution in [0.2, 0.25) is 0 Å². The average molecular weight is 472 g/mol. The molecule has 136 valence electrons. The van der Waals surface area contributed by atoms with Gasteiger partial charge in [-0.25, -0.2) is 0 Å². The fraction of sp³-hybridized carbons (Fsp3) is 0.188. The number of anilines is 1. The van der Waals surface area contributed by atoms with Crippen LogP contribution in [0.15, 0.2) is 53.8 Å². The Morgan fingerprint density at radius 1 is 1.46 bits per heavy atom. The number of thiocarbonyl (C=S) groups is 1. The van der Waals surface area contributed by atoms with Gasteiger partial charge in [0.25, 0.3) is 5.91 Å². The molecule has 0 spiro atoms.